The third kappa shape index (κ3) is 9.30. The summed E-state index contributed by atoms with van der Waals surface area (Å²) in [5, 5.41) is 3.23. The number of nitrogens with two attached hydrogens (primary N) is 1. The number of hydrogen-bond donors (Lipinski definition) is 2. The molecule has 1 unspecified atom stereocenters. The second kappa shape index (κ2) is 8.01. The van der Waals surface area contributed by atoms with Crippen LogP contribution < -0.4 is 11.1 Å². The van der Waals surface area contributed by atoms with E-state index in [4.69, 9.17) is 10.5 Å². The predicted molar refractivity (Wildman–Crippen MR) is 52.4 cm³/mol. The van der Waals surface area contributed by atoms with E-state index in [9.17, 15) is 4.79 Å². The van der Waals surface area contributed by atoms with Crippen molar-refractivity contribution in [2.45, 2.75) is 32.3 Å². The van der Waals surface area contributed by atoms with Gasteiger partial charge in [0.25, 0.3) is 0 Å². The van der Waals surface area contributed by atoms with Crippen LogP contribution in [0.3, 0.4) is 0 Å². The molecule has 1 amide bonds. The van der Waals surface area contributed by atoms with Crippen LogP contribution >= 0.6 is 0 Å². The largest absolute Gasteiger partial charge is 0.380 e. The van der Waals surface area contributed by atoms with Crippen molar-refractivity contribution in [1.82, 2.24) is 5.32 Å². The molecule has 78 valence electrons. The highest BCUT2D eigenvalue weighted by Gasteiger charge is 1.97. The van der Waals surface area contributed by atoms with Crippen molar-refractivity contribution in [3.8, 4) is 0 Å². The summed E-state index contributed by atoms with van der Waals surface area (Å²) in [6.45, 7) is 3.78. The molecule has 13 heavy (non-hydrogen) atoms. The lowest BCUT2D eigenvalue weighted by Crippen LogP contribution is -2.26. The molecule has 0 aromatic carbocycles. The zero-order valence-electron chi connectivity index (χ0n) is 8.51. The second-order valence-electron chi connectivity index (χ2n) is 3.17. The Bertz CT molecular complexity index is 140. The summed E-state index contributed by atoms with van der Waals surface area (Å²) < 4.78 is 5.06. The minimum absolute atomic E-state index is 0.217. The third-order valence-corrected chi connectivity index (χ3v) is 1.86. The van der Waals surface area contributed by atoms with Gasteiger partial charge in [-0.25, -0.2) is 0 Å². The van der Waals surface area contributed by atoms with Crippen LogP contribution in [0.2, 0.25) is 0 Å². The van der Waals surface area contributed by atoms with Crippen LogP contribution in [0.1, 0.15) is 26.2 Å². The number of nitrogens with one attached hydrogen (secondary N) is 1. The number of methoxy groups -OCH3 is 1. The van der Waals surface area contributed by atoms with Gasteiger partial charge >= 0.3 is 0 Å². The minimum Gasteiger partial charge on any atom is -0.380 e. The number of carbonyl (C=O) groups is 1. The van der Waals surface area contributed by atoms with Gasteiger partial charge in [0, 0.05) is 20.1 Å². The van der Waals surface area contributed by atoms with E-state index < -0.39 is 0 Å². The van der Waals surface area contributed by atoms with Crippen molar-refractivity contribution in [3.05, 3.63) is 0 Å². The molecule has 0 rings (SSSR count). The maximum atomic E-state index is 10.4. The number of primary amides is 1. The molecule has 4 heteroatoms. The molecule has 0 heterocycles. The fraction of sp³-hybridized carbons (Fsp3) is 0.889. The van der Waals surface area contributed by atoms with E-state index in [0.717, 1.165) is 25.9 Å². The first-order valence-corrected chi connectivity index (χ1v) is 4.68. The Morgan fingerprint density at radius 1 is 1.54 bits per heavy atom. The maximum absolute atomic E-state index is 10.4. The Hall–Kier alpha value is -0.610. The van der Waals surface area contributed by atoms with Gasteiger partial charge in [0.1, 0.15) is 0 Å². The summed E-state index contributed by atoms with van der Waals surface area (Å²) in [4.78, 5) is 10.4. The topological polar surface area (TPSA) is 64.3 Å². The van der Waals surface area contributed by atoms with Gasteiger partial charge in [-0.3, -0.25) is 4.79 Å². The van der Waals surface area contributed by atoms with Gasteiger partial charge in [-0.05, 0) is 26.3 Å². The van der Waals surface area contributed by atoms with E-state index in [1.165, 1.54) is 0 Å². The summed E-state index contributed by atoms with van der Waals surface area (Å²) >= 11 is 0. The summed E-state index contributed by atoms with van der Waals surface area (Å²) in [5.41, 5.74) is 5.00. The monoisotopic (exact) mass is 188 g/mol. The molecule has 0 aliphatic rings. The second-order valence-corrected chi connectivity index (χ2v) is 3.17. The molecular weight excluding hydrogens is 168 g/mol. The molecule has 0 aliphatic heterocycles. The molecule has 0 radical (unpaired) electrons. The summed E-state index contributed by atoms with van der Waals surface area (Å²) in [6, 6.07) is 0. The van der Waals surface area contributed by atoms with Gasteiger partial charge in [-0.1, -0.05) is 0 Å². The maximum Gasteiger partial charge on any atom is 0.217 e. The Morgan fingerprint density at radius 3 is 2.77 bits per heavy atom. The minimum atomic E-state index is -0.217. The molecule has 0 saturated carbocycles. The Kier molecular flexibility index (Phi) is 7.63. The van der Waals surface area contributed by atoms with Crippen LogP contribution in [0, 0.1) is 0 Å². The van der Waals surface area contributed by atoms with Gasteiger partial charge in [-0.15, -0.1) is 0 Å². The van der Waals surface area contributed by atoms with Crippen molar-refractivity contribution < 1.29 is 9.53 Å². The van der Waals surface area contributed by atoms with E-state index in [1.807, 2.05) is 6.92 Å². The summed E-state index contributed by atoms with van der Waals surface area (Å²) in [5.74, 6) is -0.217. The zero-order valence-corrected chi connectivity index (χ0v) is 8.51. The molecule has 0 spiro atoms. The average molecular weight is 188 g/mol. The van der Waals surface area contributed by atoms with E-state index in [-0.39, 0.29) is 12.0 Å². The Balaban J connectivity index is 3.04. The van der Waals surface area contributed by atoms with Gasteiger partial charge in [-0.2, -0.15) is 0 Å². The molecule has 0 saturated heterocycles. The van der Waals surface area contributed by atoms with Crippen molar-refractivity contribution in [3.63, 3.8) is 0 Å². The highest BCUT2D eigenvalue weighted by molar-refractivity contribution is 5.73. The molecule has 0 bridgehead atoms. The summed E-state index contributed by atoms with van der Waals surface area (Å²) in [6.07, 6.45) is 2.58. The number of hydrogen-bond acceptors (Lipinski definition) is 3. The number of ether oxygens (including phenoxy) is 1. The fourth-order valence-electron chi connectivity index (χ4n) is 0.938. The van der Waals surface area contributed by atoms with E-state index in [0.29, 0.717) is 6.42 Å². The molecule has 4 nitrogen and oxygen atoms in total. The van der Waals surface area contributed by atoms with Crippen LogP contribution in [0.5, 0.6) is 0 Å². The third-order valence-electron chi connectivity index (χ3n) is 1.86. The molecule has 0 aromatic heterocycles. The summed E-state index contributed by atoms with van der Waals surface area (Å²) in [7, 11) is 1.69. The van der Waals surface area contributed by atoms with Crippen molar-refractivity contribution >= 4 is 5.91 Å². The molecule has 0 aromatic rings. The van der Waals surface area contributed by atoms with Crippen LogP contribution in [0.4, 0.5) is 0 Å². The van der Waals surface area contributed by atoms with Gasteiger partial charge in [0.05, 0.1) is 6.10 Å². The van der Waals surface area contributed by atoms with E-state index >= 15 is 0 Å². The SMILES string of the molecule is COC(C)CNCCCCC(N)=O. The standard InChI is InChI=1S/C9H20N2O2/c1-8(13-2)7-11-6-4-3-5-9(10)12/h8,11H,3-7H2,1-2H3,(H2,10,12). The molecular formula is C9H20N2O2. The zero-order chi connectivity index (χ0) is 10.1. The average Bonchev–Trinajstić information content (AvgIpc) is 2.10. The predicted octanol–water partition coefficient (Wildman–Crippen LogP) is 0.267. The Morgan fingerprint density at radius 2 is 2.23 bits per heavy atom. The quantitative estimate of drug-likeness (QED) is 0.537. The van der Waals surface area contributed by atoms with Gasteiger partial charge < -0.3 is 15.8 Å². The molecule has 0 aliphatic carbocycles. The van der Waals surface area contributed by atoms with Crippen LogP contribution in [-0.2, 0) is 9.53 Å². The highest BCUT2D eigenvalue weighted by atomic mass is 16.5. The van der Waals surface area contributed by atoms with Crippen LogP contribution in [0.15, 0.2) is 0 Å². The van der Waals surface area contributed by atoms with E-state index in [2.05, 4.69) is 5.32 Å². The van der Waals surface area contributed by atoms with Gasteiger partial charge in [0.15, 0.2) is 0 Å². The lowest BCUT2D eigenvalue weighted by Gasteiger charge is -2.09. The first-order valence-electron chi connectivity index (χ1n) is 4.68. The number of amides is 1. The normalized spacial score (nSPS) is 12.8. The molecule has 0 fully saturated rings. The highest BCUT2D eigenvalue weighted by Crippen LogP contribution is 1.92. The van der Waals surface area contributed by atoms with Gasteiger partial charge in [0.2, 0.25) is 5.91 Å². The van der Waals surface area contributed by atoms with Crippen LogP contribution in [0.25, 0.3) is 0 Å². The first kappa shape index (κ1) is 12.4. The number of rotatable bonds is 8. The lowest BCUT2D eigenvalue weighted by molar-refractivity contribution is -0.118. The van der Waals surface area contributed by atoms with Crippen molar-refractivity contribution in [2.75, 3.05) is 20.2 Å². The molecule has 1 atom stereocenters. The fourth-order valence-corrected chi connectivity index (χ4v) is 0.938. The van der Waals surface area contributed by atoms with Crippen molar-refractivity contribution in [1.29, 1.82) is 0 Å². The number of carbonyl (C=O) groups excluding carboxylic acids is 1. The van der Waals surface area contributed by atoms with E-state index in [1.54, 1.807) is 7.11 Å². The Labute approximate surface area is 79.8 Å². The number of unbranched alkanes of at least 4 members (excludes halogenated alkanes) is 1. The van der Waals surface area contributed by atoms with Crippen molar-refractivity contribution in [2.24, 2.45) is 5.73 Å². The molecule has 3 N–H and O–H groups in total. The smallest absolute Gasteiger partial charge is 0.217 e. The lowest BCUT2D eigenvalue weighted by atomic mass is 10.2. The first-order chi connectivity index (χ1) is 6.16. The van der Waals surface area contributed by atoms with Crippen LogP contribution in [-0.4, -0.2) is 32.2 Å².